The molecule has 1 aliphatic rings. The molecule has 3 heteroatoms. The molecule has 16 heavy (non-hydrogen) atoms. The van der Waals surface area contributed by atoms with Gasteiger partial charge >= 0.3 is 6.18 Å². The third-order valence-electron chi connectivity index (χ3n) is 3.10. The fourth-order valence-electron chi connectivity index (χ4n) is 2.08. The Balaban J connectivity index is 3.18. The summed E-state index contributed by atoms with van der Waals surface area (Å²) in [7, 11) is 0. The maximum atomic E-state index is 12.9. The first-order valence-corrected chi connectivity index (χ1v) is 5.74. The number of hydrogen-bond acceptors (Lipinski definition) is 0. The molecule has 0 aromatic carbocycles. The van der Waals surface area contributed by atoms with Gasteiger partial charge in [0.05, 0.1) is 5.57 Å². The van der Waals surface area contributed by atoms with E-state index >= 15 is 0 Å². The zero-order chi connectivity index (χ0) is 12.5. The van der Waals surface area contributed by atoms with Crippen LogP contribution in [0.4, 0.5) is 13.2 Å². The minimum atomic E-state index is -4.21. The summed E-state index contributed by atoms with van der Waals surface area (Å²) in [5, 5.41) is 0. The van der Waals surface area contributed by atoms with E-state index in [1.165, 1.54) is 6.08 Å². The second-order valence-electron chi connectivity index (χ2n) is 4.97. The zero-order valence-corrected chi connectivity index (χ0v) is 10.3. The molecule has 0 aromatic heterocycles. The number of halogens is 3. The Morgan fingerprint density at radius 2 is 1.56 bits per heavy atom. The highest BCUT2D eigenvalue weighted by Crippen LogP contribution is 2.39. The molecule has 0 N–H and O–H groups in total. The molecule has 0 radical (unpaired) electrons. The Bertz CT molecular complexity index is 317. The van der Waals surface area contributed by atoms with E-state index in [9.17, 15) is 13.2 Å². The van der Waals surface area contributed by atoms with Crippen LogP contribution in [-0.4, -0.2) is 6.18 Å². The van der Waals surface area contributed by atoms with Gasteiger partial charge in [0.15, 0.2) is 0 Å². The molecule has 0 atom stereocenters. The van der Waals surface area contributed by atoms with Crippen LogP contribution in [0.2, 0.25) is 0 Å². The van der Waals surface area contributed by atoms with E-state index in [0.717, 1.165) is 12.0 Å². The largest absolute Gasteiger partial charge is 0.416 e. The summed E-state index contributed by atoms with van der Waals surface area (Å²) in [6.45, 7) is 7.55. The molecule has 0 heterocycles. The molecule has 0 aromatic rings. The van der Waals surface area contributed by atoms with Gasteiger partial charge in [0, 0.05) is 0 Å². The molecular weight excluding hydrogens is 213 g/mol. The van der Waals surface area contributed by atoms with Crippen LogP contribution in [0, 0.1) is 11.8 Å². The van der Waals surface area contributed by atoms with Crippen LogP contribution in [0.5, 0.6) is 0 Å². The third-order valence-corrected chi connectivity index (χ3v) is 3.10. The Hall–Kier alpha value is -0.730. The SMILES string of the molecule is CC(C)C1=CC(C(F)(F)F)=C(C(C)C)CC1. The van der Waals surface area contributed by atoms with E-state index in [4.69, 9.17) is 0 Å². The number of allylic oxidation sites excluding steroid dienone is 4. The second kappa shape index (κ2) is 4.64. The summed E-state index contributed by atoms with van der Waals surface area (Å²) >= 11 is 0. The lowest BCUT2D eigenvalue weighted by molar-refractivity contribution is -0.0899. The fourth-order valence-corrected chi connectivity index (χ4v) is 2.08. The average molecular weight is 232 g/mol. The van der Waals surface area contributed by atoms with E-state index in [2.05, 4.69) is 0 Å². The van der Waals surface area contributed by atoms with Crippen molar-refractivity contribution in [2.75, 3.05) is 0 Å². The van der Waals surface area contributed by atoms with Crippen LogP contribution >= 0.6 is 0 Å². The molecule has 1 aliphatic carbocycles. The van der Waals surface area contributed by atoms with Gasteiger partial charge in [-0.1, -0.05) is 44.9 Å². The standard InChI is InChI=1S/C13H19F3/c1-8(2)10-5-6-11(9(3)4)12(7-10)13(14,15)16/h7-9H,5-6H2,1-4H3. The normalized spacial score (nSPS) is 18.4. The van der Waals surface area contributed by atoms with Gasteiger partial charge in [-0.15, -0.1) is 0 Å². The summed E-state index contributed by atoms with van der Waals surface area (Å²) in [6.07, 6.45) is -1.52. The van der Waals surface area contributed by atoms with E-state index in [1.807, 2.05) is 27.7 Å². The second-order valence-corrected chi connectivity index (χ2v) is 4.97. The highest BCUT2D eigenvalue weighted by atomic mass is 19.4. The lowest BCUT2D eigenvalue weighted by Crippen LogP contribution is -2.19. The number of alkyl halides is 3. The topological polar surface area (TPSA) is 0 Å². The van der Waals surface area contributed by atoms with Gasteiger partial charge < -0.3 is 0 Å². The van der Waals surface area contributed by atoms with Crippen molar-refractivity contribution in [3.05, 3.63) is 22.8 Å². The Morgan fingerprint density at radius 3 is 1.94 bits per heavy atom. The van der Waals surface area contributed by atoms with Gasteiger partial charge in [-0.05, 0) is 24.7 Å². The highest BCUT2D eigenvalue weighted by molar-refractivity contribution is 5.38. The first-order chi connectivity index (χ1) is 7.23. The monoisotopic (exact) mass is 232 g/mol. The van der Waals surface area contributed by atoms with E-state index in [1.54, 1.807) is 0 Å². The Labute approximate surface area is 95.2 Å². The van der Waals surface area contributed by atoms with Gasteiger partial charge in [-0.3, -0.25) is 0 Å². The van der Waals surface area contributed by atoms with Gasteiger partial charge in [0.1, 0.15) is 0 Å². The van der Waals surface area contributed by atoms with Crippen LogP contribution in [0.3, 0.4) is 0 Å². The maximum absolute atomic E-state index is 12.9. The van der Waals surface area contributed by atoms with E-state index in [0.29, 0.717) is 12.0 Å². The zero-order valence-electron chi connectivity index (χ0n) is 10.3. The first kappa shape index (κ1) is 13.3. The summed E-state index contributed by atoms with van der Waals surface area (Å²) in [6, 6.07) is 0. The van der Waals surface area contributed by atoms with Crippen LogP contribution in [0.1, 0.15) is 40.5 Å². The maximum Gasteiger partial charge on any atom is 0.416 e. The van der Waals surface area contributed by atoms with Crippen LogP contribution in [0.15, 0.2) is 22.8 Å². The molecular formula is C13H19F3. The van der Waals surface area contributed by atoms with Crippen molar-refractivity contribution in [1.29, 1.82) is 0 Å². The molecule has 0 nitrogen and oxygen atoms in total. The molecule has 0 aliphatic heterocycles. The summed E-state index contributed by atoms with van der Waals surface area (Å²) < 4.78 is 38.7. The molecule has 0 bridgehead atoms. The quantitative estimate of drug-likeness (QED) is 0.636. The first-order valence-electron chi connectivity index (χ1n) is 5.74. The minimum absolute atomic E-state index is 0.0263. The van der Waals surface area contributed by atoms with Crippen LogP contribution < -0.4 is 0 Å². The van der Waals surface area contributed by atoms with Crippen molar-refractivity contribution in [3.8, 4) is 0 Å². The predicted octanol–water partition coefficient (Wildman–Crippen LogP) is 4.88. The van der Waals surface area contributed by atoms with Crippen LogP contribution in [0.25, 0.3) is 0 Å². The van der Waals surface area contributed by atoms with Crippen LogP contribution in [-0.2, 0) is 0 Å². The van der Waals surface area contributed by atoms with Crippen molar-refractivity contribution >= 4 is 0 Å². The summed E-state index contributed by atoms with van der Waals surface area (Å²) in [5.41, 5.74) is 1.06. The molecule has 0 amide bonds. The van der Waals surface area contributed by atoms with Crippen molar-refractivity contribution < 1.29 is 13.2 Å². The van der Waals surface area contributed by atoms with Gasteiger partial charge in [-0.2, -0.15) is 13.2 Å². The fraction of sp³-hybridized carbons (Fsp3) is 0.692. The molecule has 1 rings (SSSR count). The molecule has 0 fully saturated rings. The molecule has 0 saturated heterocycles. The predicted molar refractivity (Wildman–Crippen MR) is 60.1 cm³/mol. The average Bonchev–Trinajstić information content (AvgIpc) is 2.15. The van der Waals surface area contributed by atoms with Crippen molar-refractivity contribution in [2.45, 2.75) is 46.7 Å². The third kappa shape index (κ3) is 2.89. The van der Waals surface area contributed by atoms with Gasteiger partial charge in [-0.25, -0.2) is 0 Å². The molecule has 0 saturated carbocycles. The lowest BCUT2D eigenvalue weighted by Gasteiger charge is -2.25. The molecule has 92 valence electrons. The van der Waals surface area contributed by atoms with Gasteiger partial charge in [0.2, 0.25) is 0 Å². The van der Waals surface area contributed by atoms with E-state index < -0.39 is 11.7 Å². The van der Waals surface area contributed by atoms with Crippen molar-refractivity contribution in [2.24, 2.45) is 11.8 Å². The molecule has 0 spiro atoms. The Morgan fingerprint density at radius 1 is 1.00 bits per heavy atom. The minimum Gasteiger partial charge on any atom is -0.166 e. The van der Waals surface area contributed by atoms with Crippen molar-refractivity contribution in [1.82, 2.24) is 0 Å². The van der Waals surface area contributed by atoms with E-state index in [-0.39, 0.29) is 11.8 Å². The summed E-state index contributed by atoms with van der Waals surface area (Å²) in [5.74, 6) is 0.174. The number of rotatable bonds is 2. The molecule has 0 unspecified atom stereocenters. The smallest absolute Gasteiger partial charge is 0.166 e. The number of hydrogen-bond donors (Lipinski definition) is 0. The van der Waals surface area contributed by atoms with Crippen molar-refractivity contribution in [3.63, 3.8) is 0 Å². The summed E-state index contributed by atoms with van der Waals surface area (Å²) in [4.78, 5) is 0. The highest BCUT2D eigenvalue weighted by Gasteiger charge is 2.37. The van der Waals surface area contributed by atoms with Gasteiger partial charge in [0.25, 0.3) is 0 Å². The lowest BCUT2D eigenvalue weighted by atomic mass is 9.82. The Kier molecular flexibility index (Phi) is 3.87.